The SMILES string of the molecule is Cc1ccc(NC[C@@H]2CCCN2C(=O)OC(C)(C)C)nn1. The van der Waals surface area contributed by atoms with E-state index in [0.29, 0.717) is 6.54 Å². The molecular formula is C15H24N4O2. The van der Waals surface area contributed by atoms with Gasteiger partial charge in [-0.2, -0.15) is 5.10 Å². The van der Waals surface area contributed by atoms with Gasteiger partial charge in [0.2, 0.25) is 0 Å². The zero-order chi connectivity index (χ0) is 15.5. The van der Waals surface area contributed by atoms with Crippen molar-refractivity contribution < 1.29 is 9.53 Å². The number of ether oxygens (including phenoxy) is 1. The van der Waals surface area contributed by atoms with Gasteiger partial charge in [0.05, 0.1) is 11.7 Å². The Morgan fingerprint density at radius 1 is 1.43 bits per heavy atom. The van der Waals surface area contributed by atoms with Crippen molar-refractivity contribution in [3.63, 3.8) is 0 Å². The van der Waals surface area contributed by atoms with Crippen molar-refractivity contribution in [1.29, 1.82) is 0 Å². The van der Waals surface area contributed by atoms with E-state index in [1.807, 2.05) is 39.8 Å². The van der Waals surface area contributed by atoms with E-state index in [1.165, 1.54) is 0 Å². The van der Waals surface area contributed by atoms with E-state index in [9.17, 15) is 4.79 Å². The molecule has 0 saturated carbocycles. The van der Waals surface area contributed by atoms with Gasteiger partial charge in [-0.15, -0.1) is 5.10 Å². The van der Waals surface area contributed by atoms with Crippen molar-refractivity contribution in [2.75, 3.05) is 18.4 Å². The minimum Gasteiger partial charge on any atom is -0.444 e. The molecule has 1 atom stereocenters. The van der Waals surface area contributed by atoms with Crippen molar-refractivity contribution in [3.8, 4) is 0 Å². The highest BCUT2D eigenvalue weighted by atomic mass is 16.6. The van der Waals surface area contributed by atoms with Crippen LogP contribution in [0.4, 0.5) is 10.6 Å². The number of hydrogen-bond acceptors (Lipinski definition) is 5. The molecule has 2 rings (SSSR count). The average Bonchev–Trinajstić information content (AvgIpc) is 2.84. The lowest BCUT2D eigenvalue weighted by molar-refractivity contribution is 0.0235. The van der Waals surface area contributed by atoms with Crippen LogP contribution in [0.1, 0.15) is 39.3 Å². The summed E-state index contributed by atoms with van der Waals surface area (Å²) in [7, 11) is 0. The smallest absolute Gasteiger partial charge is 0.410 e. The normalized spacial score (nSPS) is 18.7. The van der Waals surface area contributed by atoms with Gasteiger partial charge in [0, 0.05) is 13.1 Å². The second-order valence-corrected chi connectivity index (χ2v) is 6.41. The van der Waals surface area contributed by atoms with Crippen molar-refractivity contribution in [2.45, 2.75) is 52.2 Å². The van der Waals surface area contributed by atoms with Gasteiger partial charge in [-0.1, -0.05) is 0 Å². The highest BCUT2D eigenvalue weighted by Crippen LogP contribution is 2.21. The van der Waals surface area contributed by atoms with E-state index in [1.54, 1.807) is 4.90 Å². The van der Waals surface area contributed by atoms with Crippen LogP contribution in [-0.4, -0.2) is 45.9 Å². The molecule has 1 fully saturated rings. The first kappa shape index (κ1) is 15.5. The van der Waals surface area contributed by atoms with Gasteiger partial charge >= 0.3 is 6.09 Å². The number of carbonyl (C=O) groups excluding carboxylic acids is 1. The molecule has 0 radical (unpaired) electrons. The van der Waals surface area contributed by atoms with E-state index in [-0.39, 0.29) is 12.1 Å². The van der Waals surface area contributed by atoms with Crippen LogP contribution in [-0.2, 0) is 4.74 Å². The van der Waals surface area contributed by atoms with Crippen molar-refractivity contribution in [1.82, 2.24) is 15.1 Å². The summed E-state index contributed by atoms with van der Waals surface area (Å²) in [4.78, 5) is 14.0. The van der Waals surface area contributed by atoms with E-state index in [0.717, 1.165) is 30.9 Å². The van der Waals surface area contributed by atoms with Gasteiger partial charge in [0.1, 0.15) is 11.4 Å². The first-order valence-corrected chi connectivity index (χ1v) is 7.39. The third-order valence-electron chi connectivity index (χ3n) is 3.32. The predicted molar refractivity (Wildman–Crippen MR) is 81.2 cm³/mol. The molecule has 0 aromatic carbocycles. The van der Waals surface area contributed by atoms with Crippen LogP contribution in [0.25, 0.3) is 0 Å². The number of nitrogens with zero attached hydrogens (tertiary/aromatic N) is 3. The topological polar surface area (TPSA) is 67.4 Å². The number of amides is 1. The van der Waals surface area contributed by atoms with Gasteiger partial charge in [0.25, 0.3) is 0 Å². The molecule has 1 aliphatic heterocycles. The Morgan fingerprint density at radius 2 is 2.19 bits per heavy atom. The first-order chi connectivity index (χ1) is 9.85. The zero-order valence-corrected chi connectivity index (χ0v) is 13.2. The molecule has 0 aliphatic carbocycles. The van der Waals surface area contributed by atoms with Crippen molar-refractivity contribution in [3.05, 3.63) is 17.8 Å². The van der Waals surface area contributed by atoms with Gasteiger partial charge in [-0.3, -0.25) is 0 Å². The third kappa shape index (κ3) is 4.58. The lowest BCUT2D eigenvalue weighted by Crippen LogP contribution is -2.42. The number of nitrogens with one attached hydrogen (secondary N) is 1. The number of hydrogen-bond donors (Lipinski definition) is 1. The molecule has 116 valence electrons. The Balaban J connectivity index is 1.90. The fourth-order valence-corrected chi connectivity index (χ4v) is 2.32. The van der Waals surface area contributed by atoms with E-state index >= 15 is 0 Å². The number of likely N-dealkylation sites (tertiary alicyclic amines) is 1. The Hall–Kier alpha value is -1.85. The fraction of sp³-hybridized carbons (Fsp3) is 0.667. The summed E-state index contributed by atoms with van der Waals surface area (Å²) in [6, 6.07) is 3.95. The number of anilines is 1. The van der Waals surface area contributed by atoms with Crippen LogP contribution in [0.5, 0.6) is 0 Å². The molecule has 1 N–H and O–H groups in total. The maximum Gasteiger partial charge on any atom is 0.410 e. The summed E-state index contributed by atoms with van der Waals surface area (Å²) in [5, 5.41) is 11.3. The maximum absolute atomic E-state index is 12.2. The highest BCUT2D eigenvalue weighted by molar-refractivity contribution is 5.69. The van der Waals surface area contributed by atoms with Crippen LogP contribution in [0, 0.1) is 6.92 Å². The van der Waals surface area contributed by atoms with Gasteiger partial charge in [-0.05, 0) is 52.7 Å². The van der Waals surface area contributed by atoms with Gasteiger partial charge in [0.15, 0.2) is 0 Å². The van der Waals surface area contributed by atoms with E-state index in [2.05, 4.69) is 15.5 Å². The molecule has 1 aromatic heterocycles. The molecule has 1 amide bonds. The monoisotopic (exact) mass is 292 g/mol. The molecule has 0 unspecified atom stereocenters. The van der Waals surface area contributed by atoms with Crippen molar-refractivity contribution >= 4 is 11.9 Å². The molecule has 0 bridgehead atoms. The highest BCUT2D eigenvalue weighted by Gasteiger charge is 2.31. The molecule has 1 aliphatic rings. The fourth-order valence-electron chi connectivity index (χ4n) is 2.32. The van der Waals surface area contributed by atoms with Crippen LogP contribution in [0.15, 0.2) is 12.1 Å². The Labute approximate surface area is 125 Å². The van der Waals surface area contributed by atoms with Crippen LogP contribution in [0.2, 0.25) is 0 Å². The molecule has 6 heteroatoms. The van der Waals surface area contributed by atoms with Crippen LogP contribution in [0.3, 0.4) is 0 Å². The first-order valence-electron chi connectivity index (χ1n) is 7.39. The van der Waals surface area contributed by atoms with E-state index in [4.69, 9.17) is 4.74 Å². The molecule has 1 aromatic rings. The largest absolute Gasteiger partial charge is 0.444 e. The molecule has 2 heterocycles. The summed E-state index contributed by atoms with van der Waals surface area (Å²) in [6.45, 7) is 8.97. The summed E-state index contributed by atoms with van der Waals surface area (Å²) in [5.74, 6) is 0.733. The minimum absolute atomic E-state index is 0.142. The maximum atomic E-state index is 12.2. The standard InChI is InChI=1S/C15H24N4O2/c1-11-7-8-13(18-17-11)16-10-12-6-5-9-19(12)14(20)21-15(2,3)4/h7-8,12H,5-6,9-10H2,1-4H3,(H,16,18)/t12-/m0/s1. The molecule has 6 nitrogen and oxygen atoms in total. The quantitative estimate of drug-likeness (QED) is 0.927. The summed E-state index contributed by atoms with van der Waals surface area (Å²) in [6.07, 6.45) is 1.75. The average molecular weight is 292 g/mol. The lowest BCUT2D eigenvalue weighted by atomic mass is 10.2. The molecule has 1 saturated heterocycles. The second-order valence-electron chi connectivity index (χ2n) is 6.41. The number of aromatic nitrogens is 2. The number of carbonyl (C=O) groups is 1. The predicted octanol–water partition coefficient (Wildman–Crippen LogP) is 2.60. The van der Waals surface area contributed by atoms with Crippen molar-refractivity contribution in [2.24, 2.45) is 0 Å². The van der Waals surface area contributed by atoms with Crippen LogP contribution >= 0.6 is 0 Å². The third-order valence-corrected chi connectivity index (χ3v) is 3.32. The Morgan fingerprint density at radius 3 is 2.81 bits per heavy atom. The van der Waals surface area contributed by atoms with Gasteiger partial charge in [-0.25, -0.2) is 4.79 Å². The second kappa shape index (κ2) is 6.28. The molecular weight excluding hydrogens is 268 g/mol. The lowest BCUT2D eigenvalue weighted by Gasteiger charge is -2.28. The number of aryl methyl sites for hydroxylation is 1. The molecule has 21 heavy (non-hydrogen) atoms. The summed E-state index contributed by atoms with van der Waals surface area (Å²) < 4.78 is 5.45. The van der Waals surface area contributed by atoms with E-state index < -0.39 is 5.60 Å². The van der Waals surface area contributed by atoms with Gasteiger partial charge < -0.3 is 15.0 Å². The zero-order valence-electron chi connectivity index (χ0n) is 13.2. The summed E-state index contributed by atoms with van der Waals surface area (Å²) in [5.41, 5.74) is 0.428. The number of rotatable bonds is 3. The summed E-state index contributed by atoms with van der Waals surface area (Å²) >= 11 is 0. The Bertz CT molecular complexity index is 481. The Kier molecular flexibility index (Phi) is 4.65. The van der Waals surface area contributed by atoms with Crippen LogP contribution < -0.4 is 5.32 Å². The minimum atomic E-state index is -0.458. The molecule has 0 spiro atoms.